The summed E-state index contributed by atoms with van der Waals surface area (Å²) in [6, 6.07) is 23.3. The molecule has 0 bridgehead atoms. The number of nitrogens with one attached hydrogen (secondary N) is 3. The third-order valence-corrected chi connectivity index (χ3v) is 7.28. The number of alkyl carbamates (subject to hydrolysis) is 1. The first-order chi connectivity index (χ1) is 20.4. The molecule has 0 saturated heterocycles. The van der Waals surface area contributed by atoms with Crippen LogP contribution >= 0.6 is 0 Å². The van der Waals surface area contributed by atoms with Crippen LogP contribution in [0.4, 0.5) is 4.79 Å². The van der Waals surface area contributed by atoms with Crippen LogP contribution in [0.1, 0.15) is 41.9 Å². The van der Waals surface area contributed by atoms with Crippen molar-refractivity contribution in [2.24, 2.45) is 11.5 Å². The first kappa shape index (κ1) is 30.3. The summed E-state index contributed by atoms with van der Waals surface area (Å²) >= 11 is 0. The van der Waals surface area contributed by atoms with E-state index < -0.39 is 35.9 Å². The standard InChI is InChI=1S/C32H37N5O5/c33-17-9-8-16-27(31(40)37-28(30(34)39)18-21-10-2-1-3-11-21)36-29(38)19-35-32(41)42-20-26-24-14-6-4-12-22(24)23-13-5-7-15-25(23)26/h1-7,10-15,26-28H,8-9,16-20,33H2,(H2,34,39)(H,35,41)(H,36,38)(H,37,40). The van der Waals surface area contributed by atoms with Crippen LogP contribution in [0.2, 0.25) is 0 Å². The highest BCUT2D eigenvalue weighted by Gasteiger charge is 2.29. The van der Waals surface area contributed by atoms with E-state index in [1.807, 2.05) is 78.9 Å². The van der Waals surface area contributed by atoms with Gasteiger partial charge < -0.3 is 32.2 Å². The largest absolute Gasteiger partial charge is 0.449 e. The summed E-state index contributed by atoms with van der Waals surface area (Å²) in [5.74, 6) is -1.91. The first-order valence-electron chi connectivity index (χ1n) is 14.1. The highest BCUT2D eigenvalue weighted by atomic mass is 16.5. The van der Waals surface area contributed by atoms with E-state index in [1.54, 1.807) is 0 Å². The van der Waals surface area contributed by atoms with Gasteiger partial charge in [0.2, 0.25) is 17.7 Å². The molecule has 4 amide bonds. The minimum absolute atomic E-state index is 0.110. The molecular formula is C32H37N5O5. The number of hydrogen-bond donors (Lipinski definition) is 5. The zero-order valence-electron chi connectivity index (χ0n) is 23.4. The summed E-state index contributed by atoms with van der Waals surface area (Å²) in [5.41, 5.74) is 16.4. The van der Waals surface area contributed by atoms with E-state index in [4.69, 9.17) is 16.2 Å². The van der Waals surface area contributed by atoms with Gasteiger partial charge in [0.1, 0.15) is 25.2 Å². The number of carbonyl (C=O) groups is 4. The Morgan fingerprint density at radius 3 is 2.02 bits per heavy atom. The van der Waals surface area contributed by atoms with Gasteiger partial charge in [-0.3, -0.25) is 14.4 Å². The van der Waals surface area contributed by atoms with Gasteiger partial charge in [-0.15, -0.1) is 0 Å². The quantitative estimate of drug-likeness (QED) is 0.186. The molecular weight excluding hydrogens is 534 g/mol. The number of carbonyl (C=O) groups excluding carboxylic acids is 4. The predicted molar refractivity (Wildman–Crippen MR) is 159 cm³/mol. The second kappa shape index (κ2) is 14.8. The molecule has 10 nitrogen and oxygen atoms in total. The van der Waals surface area contributed by atoms with Crippen molar-refractivity contribution >= 4 is 23.8 Å². The lowest BCUT2D eigenvalue weighted by Crippen LogP contribution is -2.54. The topological polar surface area (TPSA) is 166 Å². The van der Waals surface area contributed by atoms with Crippen LogP contribution in [-0.4, -0.2) is 55.6 Å². The summed E-state index contributed by atoms with van der Waals surface area (Å²) in [5, 5.41) is 7.77. The average molecular weight is 572 g/mol. The summed E-state index contributed by atoms with van der Waals surface area (Å²) in [4.78, 5) is 50.4. The van der Waals surface area contributed by atoms with E-state index in [0.717, 1.165) is 27.8 Å². The fraction of sp³-hybridized carbons (Fsp3) is 0.312. The van der Waals surface area contributed by atoms with E-state index >= 15 is 0 Å². The highest BCUT2D eigenvalue weighted by molar-refractivity contribution is 5.92. The average Bonchev–Trinajstić information content (AvgIpc) is 3.32. The van der Waals surface area contributed by atoms with Crippen LogP contribution < -0.4 is 27.4 Å². The number of nitrogens with two attached hydrogens (primary N) is 2. The fourth-order valence-corrected chi connectivity index (χ4v) is 5.15. The van der Waals surface area contributed by atoms with E-state index in [-0.39, 0.29) is 25.5 Å². The molecule has 2 atom stereocenters. The van der Waals surface area contributed by atoms with Crippen molar-refractivity contribution in [2.75, 3.05) is 19.7 Å². The Morgan fingerprint density at radius 2 is 1.40 bits per heavy atom. The number of hydrogen-bond acceptors (Lipinski definition) is 6. The lowest BCUT2D eigenvalue weighted by atomic mass is 9.98. The smallest absolute Gasteiger partial charge is 0.407 e. The molecule has 10 heteroatoms. The monoisotopic (exact) mass is 571 g/mol. The predicted octanol–water partition coefficient (Wildman–Crippen LogP) is 2.35. The molecule has 0 spiro atoms. The SMILES string of the molecule is NCCCCC(NC(=O)CNC(=O)OCC1c2ccccc2-c2ccccc21)C(=O)NC(Cc1ccccc1)C(N)=O. The van der Waals surface area contributed by atoms with Gasteiger partial charge in [0.25, 0.3) is 0 Å². The minimum atomic E-state index is -0.951. The molecule has 2 unspecified atom stereocenters. The Kier molecular flexibility index (Phi) is 10.7. The zero-order chi connectivity index (χ0) is 29.9. The lowest BCUT2D eigenvalue weighted by Gasteiger charge is -2.22. The highest BCUT2D eigenvalue weighted by Crippen LogP contribution is 2.44. The third kappa shape index (κ3) is 7.94. The van der Waals surface area contributed by atoms with Crippen molar-refractivity contribution in [3.8, 4) is 11.1 Å². The van der Waals surface area contributed by atoms with Crippen molar-refractivity contribution in [2.45, 2.75) is 43.7 Å². The molecule has 0 saturated carbocycles. The Morgan fingerprint density at radius 1 is 0.786 bits per heavy atom. The van der Waals surface area contributed by atoms with Crippen molar-refractivity contribution < 1.29 is 23.9 Å². The molecule has 1 aliphatic carbocycles. The molecule has 220 valence electrons. The maximum atomic E-state index is 13.1. The Labute approximate surface area is 245 Å². The Bertz CT molecular complexity index is 1350. The van der Waals surface area contributed by atoms with Crippen molar-refractivity contribution in [3.05, 3.63) is 95.6 Å². The number of primary amides is 1. The normalized spacial score (nSPS) is 13.3. The first-order valence-corrected chi connectivity index (χ1v) is 14.1. The molecule has 3 aromatic carbocycles. The van der Waals surface area contributed by atoms with Gasteiger partial charge >= 0.3 is 6.09 Å². The number of fused-ring (bicyclic) bond motifs is 3. The Hall–Kier alpha value is -4.70. The lowest BCUT2D eigenvalue weighted by molar-refractivity contribution is -0.131. The van der Waals surface area contributed by atoms with Gasteiger partial charge in [0, 0.05) is 12.3 Å². The summed E-state index contributed by atoms with van der Waals surface area (Å²) < 4.78 is 5.48. The van der Waals surface area contributed by atoms with Crippen LogP contribution in [0.3, 0.4) is 0 Å². The van der Waals surface area contributed by atoms with Crippen LogP contribution in [0, 0.1) is 0 Å². The second-order valence-corrected chi connectivity index (χ2v) is 10.2. The molecule has 0 heterocycles. The van der Waals surface area contributed by atoms with Gasteiger partial charge in [0.05, 0.1) is 0 Å². The van der Waals surface area contributed by atoms with Gasteiger partial charge in [-0.25, -0.2) is 4.79 Å². The fourth-order valence-electron chi connectivity index (χ4n) is 5.15. The van der Waals surface area contributed by atoms with Crippen LogP contribution in [0.5, 0.6) is 0 Å². The van der Waals surface area contributed by atoms with Crippen LogP contribution in [-0.2, 0) is 25.5 Å². The number of amides is 4. The second-order valence-electron chi connectivity index (χ2n) is 10.2. The maximum Gasteiger partial charge on any atom is 0.407 e. The van der Waals surface area contributed by atoms with Crippen molar-refractivity contribution in [3.63, 3.8) is 0 Å². The molecule has 3 aromatic rings. The molecule has 42 heavy (non-hydrogen) atoms. The number of ether oxygens (including phenoxy) is 1. The molecule has 4 rings (SSSR count). The van der Waals surface area contributed by atoms with E-state index in [2.05, 4.69) is 16.0 Å². The van der Waals surface area contributed by atoms with Crippen molar-refractivity contribution in [1.82, 2.24) is 16.0 Å². The van der Waals surface area contributed by atoms with E-state index in [9.17, 15) is 19.2 Å². The van der Waals surface area contributed by atoms with E-state index in [0.29, 0.717) is 25.8 Å². The number of rotatable bonds is 14. The van der Waals surface area contributed by atoms with Gasteiger partial charge in [-0.05, 0) is 53.6 Å². The minimum Gasteiger partial charge on any atom is -0.449 e. The van der Waals surface area contributed by atoms with Crippen LogP contribution in [0.25, 0.3) is 11.1 Å². The third-order valence-electron chi connectivity index (χ3n) is 7.28. The Balaban J connectivity index is 1.30. The van der Waals surface area contributed by atoms with Crippen molar-refractivity contribution in [1.29, 1.82) is 0 Å². The molecule has 1 aliphatic rings. The zero-order valence-corrected chi connectivity index (χ0v) is 23.4. The molecule has 0 aliphatic heterocycles. The molecule has 0 radical (unpaired) electrons. The summed E-state index contributed by atoms with van der Waals surface area (Å²) in [7, 11) is 0. The molecule has 7 N–H and O–H groups in total. The van der Waals surface area contributed by atoms with Gasteiger partial charge in [-0.2, -0.15) is 0 Å². The van der Waals surface area contributed by atoms with Gasteiger partial charge in [0.15, 0.2) is 0 Å². The number of benzene rings is 3. The van der Waals surface area contributed by atoms with Crippen LogP contribution in [0.15, 0.2) is 78.9 Å². The summed E-state index contributed by atoms with van der Waals surface area (Å²) in [6.45, 7) is 0.158. The maximum absolute atomic E-state index is 13.1. The number of unbranched alkanes of at least 4 members (excludes halogenated alkanes) is 1. The molecule has 0 fully saturated rings. The van der Waals surface area contributed by atoms with Gasteiger partial charge in [-0.1, -0.05) is 78.9 Å². The summed E-state index contributed by atoms with van der Waals surface area (Å²) in [6.07, 6.45) is 1.01. The van der Waals surface area contributed by atoms with E-state index in [1.165, 1.54) is 0 Å². The molecule has 0 aromatic heterocycles.